The van der Waals surface area contributed by atoms with Gasteiger partial charge in [-0.25, -0.2) is 0 Å². The third kappa shape index (κ3) is 5.90. The zero-order valence-corrected chi connectivity index (χ0v) is 32.5. The second-order valence-corrected chi connectivity index (χ2v) is 16.5. The Morgan fingerprint density at radius 3 is 1.23 bits per heavy atom. The molecule has 9 N–H and O–H groups in total. The number of rotatable bonds is 6. The number of phenolic OH excluding ortho intramolecular Hbond substituents is 5. The molecule has 6 aromatic rings. The third-order valence-corrected chi connectivity index (χ3v) is 12.8. The molecule has 14 heteroatoms. The normalized spacial score (nSPS) is 28.5. The Labute approximate surface area is 353 Å². The molecule has 0 aromatic heterocycles. The maximum Gasteiger partial charge on any atom is 0.229 e. The van der Waals surface area contributed by atoms with Crippen LogP contribution in [0.4, 0.5) is 0 Å². The van der Waals surface area contributed by atoms with Crippen molar-refractivity contribution in [2.75, 3.05) is 6.61 Å². The average Bonchev–Trinajstić information content (AvgIpc) is 3.96. The van der Waals surface area contributed by atoms with Gasteiger partial charge in [-0.3, -0.25) is 0 Å². The average molecular weight is 841 g/mol. The Morgan fingerprint density at radius 2 is 0.823 bits per heavy atom. The summed E-state index contributed by atoms with van der Waals surface area (Å²) in [5, 5.41) is 96.4. The molecule has 0 amide bonds. The molecular formula is C48H40O14. The molecule has 1 saturated heterocycles. The first-order valence-electron chi connectivity index (χ1n) is 20.2. The van der Waals surface area contributed by atoms with E-state index in [-0.39, 0.29) is 34.5 Å². The number of benzene rings is 6. The minimum atomic E-state index is -1.72. The summed E-state index contributed by atoms with van der Waals surface area (Å²) in [5.74, 6) is -0.752. The molecule has 1 fully saturated rings. The van der Waals surface area contributed by atoms with E-state index in [9.17, 15) is 46.0 Å². The molecule has 62 heavy (non-hydrogen) atoms. The standard InChI is InChI=1S/C48H40O14/c49-19-35-42(55)43(56)44(57)48(62-35)58-28-17-31-38-34(18-28)61-46(21-3-9-24(51)10-4-21)40(38)29-13-26(53)15-32-36(29)39(45(59-32)20-1-7-23(50)8-2-20)30-14-27(54)16-33-37(30)41(31)47(60-33)22-5-11-25(52)12-6-22/h1-18,35,39-57H,19H2/t35-,39+,40-,41-,42-,43+,44-,45-,46+,47+,48-/m1/s1. The first-order chi connectivity index (χ1) is 29.9. The second kappa shape index (κ2) is 14.2. The number of fused-ring (bicyclic) bond motifs is 3. The molecule has 4 aliphatic heterocycles. The van der Waals surface area contributed by atoms with Gasteiger partial charge in [0.05, 0.1) is 24.4 Å². The van der Waals surface area contributed by atoms with Crippen LogP contribution in [0.3, 0.4) is 0 Å². The smallest absolute Gasteiger partial charge is 0.229 e. The molecule has 6 aromatic carbocycles. The maximum absolute atomic E-state index is 11.5. The predicted octanol–water partition coefficient (Wildman–Crippen LogP) is 5.50. The van der Waals surface area contributed by atoms with Crippen LogP contribution in [0.5, 0.6) is 51.7 Å². The molecule has 0 spiro atoms. The number of aliphatic hydroxyl groups is 4. The minimum Gasteiger partial charge on any atom is -0.508 e. The Balaban J connectivity index is 1.21. The van der Waals surface area contributed by atoms with Gasteiger partial charge in [0.1, 0.15) is 94.5 Å². The fraction of sp³-hybridized carbons (Fsp3) is 0.250. The highest BCUT2D eigenvalue weighted by atomic mass is 16.7. The van der Waals surface area contributed by atoms with Gasteiger partial charge in [-0.05, 0) is 88.0 Å². The highest BCUT2D eigenvalue weighted by Crippen LogP contribution is 2.66. The molecule has 1 aliphatic carbocycles. The summed E-state index contributed by atoms with van der Waals surface area (Å²) in [6.45, 7) is -0.663. The predicted molar refractivity (Wildman–Crippen MR) is 217 cm³/mol. The Hall–Kier alpha value is -6.68. The molecule has 0 bridgehead atoms. The Morgan fingerprint density at radius 1 is 0.435 bits per heavy atom. The molecule has 11 atom stereocenters. The highest BCUT2D eigenvalue weighted by Gasteiger charge is 2.53. The lowest BCUT2D eigenvalue weighted by Crippen LogP contribution is -2.60. The van der Waals surface area contributed by atoms with Crippen molar-refractivity contribution in [1.29, 1.82) is 0 Å². The molecule has 0 saturated carbocycles. The summed E-state index contributed by atoms with van der Waals surface area (Å²) < 4.78 is 32.8. The van der Waals surface area contributed by atoms with Crippen molar-refractivity contribution in [1.82, 2.24) is 0 Å². The fourth-order valence-electron chi connectivity index (χ4n) is 10.1. The molecule has 0 unspecified atom stereocenters. The largest absolute Gasteiger partial charge is 0.508 e. The molecule has 11 rings (SSSR count). The van der Waals surface area contributed by atoms with Gasteiger partial charge in [-0.1, -0.05) is 36.4 Å². The van der Waals surface area contributed by atoms with Crippen LogP contribution in [0.1, 0.15) is 86.1 Å². The van der Waals surface area contributed by atoms with E-state index in [1.54, 1.807) is 109 Å². The van der Waals surface area contributed by atoms with E-state index >= 15 is 0 Å². The van der Waals surface area contributed by atoms with E-state index in [0.29, 0.717) is 61.8 Å². The van der Waals surface area contributed by atoms with Gasteiger partial charge in [0.15, 0.2) is 0 Å². The van der Waals surface area contributed by atoms with E-state index < -0.39 is 73.4 Å². The number of hydrogen-bond acceptors (Lipinski definition) is 14. The lowest BCUT2D eigenvalue weighted by Gasteiger charge is -2.39. The molecule has 0 radical (unpaired) electrons. The van der Waals surface area contributed by atoms with Gasteiger partial charge in [0.25, 0.3) is 0 Å². The van der Waals surface area contributed by atoms with Crippen molar-refractivity contribution in [3.05, 3.63) is 159 Å². The Bertz CT molecular complexity index is 2670. The summed E-state index contributed by atoms with van der Waals surface area (Å²) in [7, 11) is 0. The number of aliphatic hydroxyl groups excluding tert-OH is 4. The van der Waals surface area contributed by atoms with Crippen molar-refractivity contribution in [2.24, 2.45) is 0 Å². The number of ether oxygens (including phenoxy) is 5. The van der Waals surface area contributed by atoms with Crippen molar-refractivity contribution >= 4 is 0 Å². The third-order valence-electron chi connectivity index (χ3n) is 12.8. The van der Waals surface area contributed by atoms with E-state index in [0.717, 1.165) is 5.56 Å². The summed E-state index contributed by atoms with van der Waals surface area (Å²) in [6, 6.07) is 29.8. The zero-order valence-electron chi connectivity index (χ0n) is 32.5. The molecular weight excluding hydrogens is 801 g/mol. The number of hydrogen-bond donors (Lipinski definition) is 9. The number of aromatic hydroxyl groups is 5. The van der Waals surface area contributed by atoms with E-state index in [1.165, 1.54) is 0 Å². The van der Waals surface area contributed by atoms with Crippen LogP contribution in [0.2, 0.25) is 0 Å². The zero-order chi connectivity index (χ0) is 42.7. The summed E-state index contributed by atoms with van der Waals surface area (Å²) in [6.07, 6.45) is -10.1. The maximum atomic E-state index is 11.5. The monoisotopic (exact) mass is 840 g/mol. The van der Waals surface area contributed by atoms with Gasteiger partial charge in [-0.15, -0.1) is 0 Å². The van der Waals surface area contributed by atoms with Gasteiger partial charge < -0.3 is 69.6 Å². The summed E-state index contributed by atoms with van der Waals surface area (Å²) in [5.41, 5.74) is 6.14. The first kappa shape index (κ1) is 38.3. The van der Waals surface area contributed by atoms with Crippen LogP contribution in [-0.4, -0.2) is 83.3 Å². The van der Waals surface area contributed by atoms with E-state index in [1.807, 2.05) is 0 Å². The highest BCUT2D eigenvalue weighted by molar-refractivity contribution is 5.70. The van der Waals surface area contributed by atoms with E-state index in [4.69, 9.17) is 23.7 Å². The van der Waals surface area contributed by atoms with Crippen molar-refractivity contribution in [2.45, 2.75) is 66.8 Å². The van der Waals surface area contributed by atoms with Crippen LogP contribution in [0.15, 0.2) is 109 Å². The van der Waals surface area contributed by atoms with Gasteiger partial charge >= 0.3 is 0 Å². The summed E-state index contributed by atoms with van der Waals surface area (Å²) >= 11 is 0. The summed E-state index contributed by atoms with van der Waals surface area (Å²) in [4.78, 5) is 0. The molecule has 5 aliphatic rings. The van der Waals surface area contributed by atoms with Gasteiger partial charge in [-0.2, -0.15) is 0 Å². The first-order valence-corrected chi connectivity index (χ1v) is 20.2. The van der Waals surface area contributed by atoms with Crippen LogP contribution in [0.25, 0.3) is 0 Å². The van der Waals surface area contributed by atoms with Crippen molar-refractivity contribution in [3.8, 4) is 51.7 Å². The lowest BCUT2D eigenvalue weighted by molar-refractivity contribution is -0.277. The minimum absolute atomic E-state index is 0.0423. The number of phenols is 5. The van der Waals surface area contributed by atoms with Crippen LogP contribution in [-0.2, 0) is 4.74 Å². The molecule has 316 valence electrons. The topological polar surface area (TPSA) is 228 Å². The van der Waals surface area contributed by atoms with Gasteiger partial charge in [0, 0.05) is 34.9 Å². The second-order valence-electron chi connectivity index (χ2n) is 16.5. The van der Waals surface area contributed by atoms with Crippen molar-refractivity contribution < 1.29 is 69.6 Å². The van der Waals surface area contributed by atoms with Crippen LogP contribution >= 0.6 is 0 Å². The lowest BCUT2D eigenvalue weighted by atomic mass is 9.76. The van der Waals surface area contributed by atoms with Crippen molar-refractivity contribution in [3.63, 3.8) is 0 Å². The van der Waals surface area contributed by atoms with Gasteiger partial charge in [0.2, 0.25) is 6.29 Å². The SMILES string of the molecule is OC[C@H]1O[C@@H](Oc2cc3c4c(c2)[C@@H]2c5c(cc(O)cc5[C@H]5c6c(cc(O)cc6[C@H]4[C@H](c4ccc(O)cc4)O3)O[C@@H]5c3ccc(O)cc3)O[C@H]2c2ccc(O)cc2)[C@H](O)[C@@H](O)[C@@H]1O. The molecule has 14 nitrogen and oxygen atoms in total. The van der Waals surface area contributed by atoms with E-state index in [2.05, 4.69) is 0 Å². The van der Waals surface area contributed by atoms with Crippen LogP contribution in [0, 0.1) is 0 Å². The quantitative estimate of drug-likeness (QED) is 0.101. The fourth-order valence-corrected chi connectivity index (χ4v) is 10.1. The van der Waals surface area contributed by atoms with Crippen LogP contribution < -0.4 is 18.9 Å². The molecule has 4 heterocycles. The Kier molecular flexibility index (Phi) is 8.76.